The predicted molar refractivity (Wildman–Crippen MR) is 134 cm³/mol. The number of nitrogens with zero attached hydrogens (tertiary/aromatic N) is 4. The first-order valence-electron chi connectivity index (χ1n) is 12.2. The third-order valence-corrected chi connectivity index (χ3v) is 7.20. The summed E-state index contributed by atoms with van der Waals surface area (Å²) < 4.78 is 1.55. The van der Waals surface area contributed by atoms with Gasteiger partial charge in [-0.1, -0.05) is 71.9 Å². The topological polar surface area (TPSA) is 68.1 Å². The molecule has 3 aromatic carbocycles. The van der Waals surface area contributed by atoms with E-state index in [1.165, 1.54) is 24.1 Å². The van der Waals surface area contributed by atoms with Gasteiger partial charge in [0.1, 0.15) is 5.69 Å². The number of piperidine rings is 1. The maximum atomic E-state index is 13.1. The Balaban J connectivity index is 1.12. The van der Waals surface area contributed by atoms with E-state index in [2.05, 4.69) is 69.8 Å². The van der Waals surface area contributed by atoms with Crippen LogP contribution < -0.4 is 4.90 Å². The van der Waals surface area contributed by atoms with Crippen molar-refractivity contribution in [2.75, 3.05) is 18.0 Å². The van der Waals surface area contributed by atoms with Gasteiger partial charge in [-0.3, -0.25) is 9.59 Å². The van der Waals surface area contributed by atoms with Crippen LogP contribution in [0.3, 0.4) is 0 Å². The van der Waals surface area contributed by atoms with Crippen molar-refractivity contribution in [1.29, 1.82) is 0 Å². The lowest BCUT2D eigenvalue weighted by Gasteiger charge is -2.33. The van der Waals surface area contributed by atoms with Crippen molar-refractivity contribution in [1.82, 2.24) is 15.0 Å². The van der Waals surface area contributed by atoms with E-state index in [1.54, 1.807) is 28.9 Å². The van der Waals surface area contributed by atoms with E-state index < -0.39 is 0 Å². The van der Waals surface area contributed by atoms with Crippen molar-refractivity contribution < 1.29 is 9.59 Å². The number of anilines is 1. The Morgan fingerprint density at radius 2 is 1.40 bits per heavy atom. The third kappa shape index (κ3) is 4.05. The molecule has 6 nitrogen and oxygen atoms in total. The first-order chi connectivity index (χ1) is 17.2. The lowest BCUT2D eigenvalue weighted by Crippen LogP contribution is -2.34. The second-order valence-electron chi connectivity index (χ2n) is 9.43. The second kappa shape index (κ2) is 8.95. The molecule has 0 saturated carbocycles. The Hall–Kier alpha value is -4.06. The summed E-state index contributed by atoms with van der Waals surface area (Å²) in [5.74, 6) is 0.291. The summed E-state index contributed by atoms with van der Waals surface area (Å²) in [6, 6.07) is 26.1. The fourth-order valence-electron chi connectivity index (χ4n) is 5.26. The number of hydrogen-bond donors (Lipinski definition) is 0. The Morgan fingerprint density at radius 3 is 2.11 bits per heavy atom. The molecular weight excluding hydrogens is 436 g/mol. The molecule has 6 heteroatoms. The van der Waals surface area contributed by atoms with Crippen LogP contribution in [0, 0.1) is 5.92 Å². The lowest BCUT2D eigenvalue weighted by molar-refractivity contribution is 0.0971. The van der Waals surface area contributed by atoms with Gasteiger partial charge in [0.05, 0.1) is 6.54 Å². The fraction of sp³-hybridized carbons (Fsp3) is 0.241. The Morgan fingerprint density at radius 1 is 0.743 bits per heavy atom. The van der Waals surface area contributed by atoms with Crippen molar-refractivity contribution in [3.8, 4) is 0 Å². The zero-order valence-corrected chi connectivity index (χ0v) is 19.4. The minimum Gasteiger partial charge on any atom is -0.372 e. The first kappa shape index (κ1) is 21.5. The highest BCUT2D eigenvalue weighted by molar-refractivity contribution is 6.26. The molecule has 0 N–H and O–H groups in total. The molecule has 2 heterocycles. The molecular formula is C29H26N4O2. The molecule has 35 heavy (non-hydrogen) atoms. The van der Waals surface area contributed by atoms with Gasteiger partial charge in [-0.25, -0.2) is 4.68 Å². The third-order valence-electron chi connectivity index (χ3n) is 7.20. The van der Waals surface area contributed by atoms with Crippen molar-refractivity contribution in [2.45, 2.75) is 25.8 Å². The van der Waals surface area contributed by atoms with E-state index >= 15 is 0 Å². The van der Waals surface area contributed by atoms with Gasteiger partial charge in [0.2, 0.25) is 11.6 Å². The van der Waals surface area contributed by atoms with E-state index in [0.29, 0.717) is 17.7 Å². The monoisotopic (exact) mass is 462 g/mol. The summed E-state index contributed by atoms with van der Waals surface area (Å²) in [5, 5.41) is 8.19. The van der Waals surface area contributed by atoms with Crippen molar-refractivity contribution in [3.05, 3.63) is 113 Å². The van der Waals surface area contributed by atoms with Crippen LogP contribution in [-0.4, -0.2) is 39.6 Å². The molecule has 0 spiro atoms. The van der Waals surface area contributed by atoms with Crippen LogP contribution in [0.2, 0.25) is 0 Å². The summed E-state index contributed by atoms with van der Waals surface area (Å²) >= 11 is 0. The molecule has 1 saturated heterocycles. The number of carbonyl (C=O) groups is 2. The SMILES string of the molecule is O=C1c2ccccc2C(=O)c2c1nnn2Cc1ccc(N2CCC(Cc3ccccc3)CC2)cc1. The number of carbonyl (C=O) groups excluding carboxylic acids is 2. The van der Waals surface area contributed by atoms with Crippen molar-refractivity contribution in [2.24, 2.45) is 5.92 Å². The Bertz CT molecular complexity index is 1380. The van der Waals surface area contributed by atoms with Gasteiger partial charge >= 0.3 is 0 Å². The largest absolute Gasteiger partial charge is 0.372 e. The minimum atomic E-state index is -0.243. The number of rotatable bonds is 5. The molecule has 0 radical (unpaired) electrons. The molecule has 1 aliphatic heterocycles. The molecule has 0 amide bonds. The van der Waals surface area contributed by atoms with Crippen LogP contribution in [0.1, 0.15) is 56.1 Å². The van der Waals surface area contributed by atoms with Gasteiger partial charge in [-0.2, -0.15) is 0 Å². The van der Waals surface area contributed by atoms with E-state index in [1.807, 2.05) is 0 Å². The number of aromatic nitrogens is 3. The average Bonchev–Trinajstić information content (AvgIpc) is 3.33. The van der Waals surface area contributed by atoms with Crippen molar-refractivity contribution in [3.63, 3.8) is 0 Å². The lowest BCUT2D eigenvalue weighted by atomic mass is 9.90. The van der Waals surface area contributed by atoms with E-state index in [4.69, 9.17) is 0 Å². The molecule has 0 bridgehead atoms. The molecule has 0 atom stereocenters. The minimum absolute atomic E-state index is 0.142. The Kier molecular flexibility index (Phi) is 5.49. The number of ketones is 2. The van der Waals surface area contributed by atoms with Crippen LogP contribution in [0.4, 0.5) is 5.69 Å². The molecule has 1 fully saturated rings. The van der Waals surface area contributed by atoms with Crippen LogP contribution in [-0.2, 0) is 13.0 Å². The van der Waals surface area contributed by atoms with Gasteiger partial charge in [0.15, 0.2) is 5.69 Å². The number of hydrogen-bond acceptors (Lipinski definition) is 5. The standard InChI is InChI=1S/C29H26N4O2/c34-28-24-8-4-5-9-25(24)29(35)27-26(28)30-31-33(27)19-22-10-12-23(13-11-22)32-16-14-21(15-17-32)18-20-6-2-1-3-7-20/h1-13,21H,14-19H2. The van der Waals surface area contributed by atoms with Crippen LogP contribution >= 0.6 is 0 Å². The summed E-state index contributed by atoms with van der Waals surface area (Å²) in [5.41, 5.74) is 4.89. The van der Waals surface area contributed by atoms with Gasteiger partial charge < -0.3 is 4.90 Å². The molecule has 1 aromatic heterocycles. The van der Waals surface area contributed by atoms with Gasteiger partial charge in [0.25, 0.3) is 0 Å². The Labute approximate surface area is 204 Å². The van der Waals surface area contributed by atoms with Crippen molar-refractivity contribution >= 4 is 17.3 Å². The first-order valence-corrected chi connectivity index (χ1v) is 12.2. The zero-order chi connectivity index (χ0) is 23.8. The van der Waals surface area contributed by atoms with E-state index in [-0.39, 0.29) is 23.0 Å². The van der Waals surface area contributed by atoms with E-state index in [0.717, 1.165) is 31.0 Å². The summed E-state index contributed by atoms with van der Waals surface area (Å²) in [6.45, 7) is 2.51. The molecule has 1 aliphatic carbocycles. The molecule has 6 rings (SSSR count). The van der Waals surface area contributed by atoms with Gasteiger partial charge in [0, 0.05) is 29.9 Å². The molecule has 4 aromatic rings. The smallest absolute Gasteiger partial charge is 0.216 e. The summed E-state index contributed by atoms with van der Waals surface area (Å²) in [7, 11) is 0. The normalized spacial score (nSPS) is 15.7. The molecule has 2 aliphatic rings. The second-order valence-corrected chi connectivity index (χ2v) is 9.43. The average molecular weight is 463 g/mol. The zero-order valence-electron chi connectivity index (χ0n) is 19.4. The maximum Gasteiger partial charge on any atom is 0.216 e. The van der Waals surface area contributed by atoms with Crippen LogP contribution in [0.25, 0.3) is 0 Å². The van der Waals surface area contributed by atoms with Gasteiger partial charge in [-0.05, 0) is 48.4 Å². The molecule has 0 unspecified atom stereocenters. The van der Waals surface area contributed by atoms with Crippen LogP contribution in [0.15, 0.2) is 78.9 Å². The maximum absolute atomic E-state index is 13.1. The summed E-state index contributed by atoms with van der Waals surface area (Å²) in [6.07, 6.45) is 3.54. The highest BCUT2D eigenvalue weighted by Gasteiger charge is 2.34. The fourth-order valence-corrected chi connectivity index (χ4v) is 5.26. The van der Waals surface area contributed by atoms with E-state index in [9.17, 15) is 9.59 Å². The quantitative estimate of drug-likeness (QED) is 0.383. The molecule has 174 valence electrons. The highest BCUT2D eigenvalue weighted by atomic mass is 16.1. The number of benzene rings is 3. The van der Waals surface area contributed by atoms with Gasteiger partial charge in [-0.15, -0.1) is 5.10 Å². The predicted octanol–water partition coefficient (Wildman–Crippen LogP) is 4.56. The number of fused-ring (bicyclic) bond motifs is 2. The van der Waals surface area contributed by atoms with Crippen LogP contribution in [0.5, 0.6) is 0 Å². The summed E-state index contributed by atoms with van der Waals surface area (Å²) in [4.78, 5) is 28.3. The highest BCUT2D eigenvalue weighted by Crippen LogP contribution is 2.28.